The summed E-state index contributed by atoms with van der Waals surface area (Å²) in [5.74, 6) is -2.22. The van der Waals surface area contributed by atoms with Crippen LogP contribution in [0.25, 0.3) is 6.08 Å². The van der Waals surface area contributed by atoms with Gasteiger partial charge in [0.05, 0.1) is 4.83 Å². The number of carbonyl (C=O) groups is 3. The highest BCUT2D eigenvalue weighted by Gasteiger charge is 2.48. The normalized spacial score (nSPS) is 25.3. The molecule has 1 aromatic carbocycles. The van der Waals surface area contributed by atoms with Crippen LogP contribution in [0.3, 0.4) is 0 Å². The topological polar surface area (TPSA) is 51.2 Å². The van der Waals surface area contributed by atoms with Gasteiger partial charge < -0.3 is 0 Å². The Balaban J connectivity index is 2.18. The van der Waals surface area contributed by atoms with Gasteiger partial charge >= 0.3 is 0 Å². The first-order valence-corrected chi connectivity index (χ1v) is 7.72. The maximum absolute atomic E-state index is 12.3. The number of benzene rings is 1. The molecule has 3 nitrogen and oxygen atoms in total. The molecule has 0 spiro atoms. The lowest BCUT2D eigenvalue weighted by atomic mass is 9.70. The van der Waals surface area contributed by atoms with Crippen LogP contribution in [0.15, 0.2) is 36.4 Å². The Kier molecular flexibility index (Phi) is 4.57. The van der Waals surface area contributed by atoms with E-state index in [-0.39, 0.29) is 18.0 Å². The lowest BCUT2D eigenvalue weighted by Gasteiger charge is -2.35. The Morgan fingerprint density at radius 2 is 1.86 bits per heavy atom. The fourth-order valence-corrected chi connectivity index (χ4v) is 2.89. The van der Waals surface area contributed by atoms with Crippen LogP contribution < -0.4 is 0 Å². The van der Waals surface area contributed by atoms with Crippen molar-refractivity contribution in [2.45, 2.75) is 25.1 Å². The van der Waals surface area contributed by atoms with Gasteiger partial charge in [-0.25, -0.2) is 0 Å². The molecule has 4 heteroatoms. The van der Waals surface area contributed by atoms with E-state index >= 15 is 0 Å². The van der Waals surface area contributed by atoms with Crippen LogP contribution in [0.4, 0.5) is 0 Å². The first-order chi connectivity index (χ1) is 9.83. The lowest BCUT2D eigenvalue weighted by Crippen LogP contribution is -2.49. The summed E-state index contributed by atoms with van der Waals surface area (Å²) in [4.78, 5) is 36.1. The molecule has 21 heavy (non-hydrogen) atoms. The minimum atomic E-state index is -1.16. The molecular weight excluding hydrogens is 332 g/mol. The minimum absolute atomic E-state index is 0.226. The van der Waals surface area contributed by atoms with Crippen LogP contribution in [0, 0.1) is 11.3 Å². The predicted octanol–water partition coefficient (Wildman–Crippen LogP) is 3.22. The number of rotatable bonds is 3. The van der Waals surface area contributed by atoms with E-state index in [4.69, 9.17) is 0 Å². The van der Waals surface area contributed by atoms with Crippen molar-refractivity contribution in [1.29, 1.82) is 0 Å². The fraction of sp³-hybridized carbons (Fsp3) is 0.353. The number of halogens is 1. The van der Waals surface area contributed by atoms with Crippen molar-refractivity contribution in [3.05, 3.63) is 42.0 Å². The van der Waals surface area contributed by atoms with Crippen molar-refractivity contribution in [3.63, 3.8) is 0 Å². The number of hydrogen-bond donors (Lipinski definition) is 0. The fourth-order valence-electron chi connectivity index (χ4n) is 2.47. The Morgan fingerprint density at radius 1 is 1.24 bits per heavy atom. The maximum Gasteiger partial charge on any atom is 0.173 e. The predicted molar refractivity (Wildman–Crippen MR) is 85.1 cm³/mol. The van der Waals surface area contributed by atoms with Crippen molar-refractivity contribution in [2.24, 2.45) is 11.3 Å². The summed E-state index contributed by atoms with van der Waals surface area (Å²) < 4.78 is 0. The first-order valence-electron chi connectivity index (χ1n) is 6.80. The van der Waals surface area contributed by atoms with Gasteiger partial charge in [0, 0.05) is 6.42 Å². The summed E-state index contributed by atoms with van der Waals surface area (Å²) >= 11 is 3.33. The molecule has 1 aliphatic carbocycles. The van der Waals surface area contributed by atoms with Crippen LogP contribution in [-0.4, -0.2) is 22.2 Å². The van der Waals surface area contributed by atoms with E-state index in [2.05, 4.69) is 15.9 Å². The zero-order chi connectivity index (χ0) is 15.6. The number of Topliss-reactive ketones (excluding diaryl/α,β-unsaturated/α-hetero) is 2. The van der Waals surface area contributed by atoms with Gasteiger partial charge in [0.1, 0.15) is 5.92 Å². The molecule has 2 atom stereocenters. The molecule has 0 radical (unpaired) electrons. The van der Waals surface area contributed by atoms with E-state index < -0.39 is 21.9 Å². The molecule has 0 aromatic heterocycles. The minimum Gasteiger partial charge on any atom is -0.298 e. The van der Waals surface area contributed by atoms with Crippen molar-refractivity contribution in [3.8, 4) is 0 Å². The Hall–Kier alpha value is -1.55. The van der Waals surface area contributed by atoms with Crippen molar-refractivity contribution in [2.75, 3.05) is 0 Å². The molecule has 0 aliphatic heterocycles. The molecule has 1 fully saturated rings. The zero-order valence-corrected chi connectivity index (χ0v) is 13.6. The molecule has 0 saturated heterocycles. The highest BCUT2D eigenvalue weighted by Crippen LogP contribution is 2.39. The molecule has 2 unspecified atom stereocenters. The van der Waals surface area contributed by atoms with E-state index in [0.717, 1.165) is 5.56 Å². The van der Waals surface area contributed by atoms with Crippen molar-refractivity contribution in [1.82, 2.24) is 0 Å². The number of allylic oxidation sites excluding steroid dienone is 1. The molecule has 0 N–H and O–H groups in total. The van der Waals surface area contributed by atoms with Gasteiger partial charge in [-0.3, -0.25) is 14.4 Å². The van der Waals surface area contributed by atoms with Gasteiger partial charge in [-0.1, -0.05) is 66.2 Å². The highest BCUT2D eigenvalue weighted by molar-refractivity contribution is 9.10. The van der Waals surface area contributed by atoms with E-state index in [1.165, 1.54) is 6.08 Å². The Labute approximate surface area is 132 Å². The maximum atomic E-state index is 12.3. The highest BCUT2D eigenvalue weighted by atomic mass is 79.9. The second-order valence-corrected chi connectivity index (χ2v) is 6.89. The summed E-state index contributed by atoms with van der Waals surface area (Å²) in [5, 5.41) is 0. The molecular formula is C17H17BrO3. The van der Waals surface area contributed by atoms with Gasteiger partial charge in [-0.15, -0.1) is 0 Å². The van der Waals surface area contributed by atoms with Crippen LogP contribution in [0.2, 0.25) is 0 Å². The van der Waals surface area contributed by atoms with E-state index in [1.54, 1.807) is 6.08 Å². The third-order valence-electron chi connectivity index (χ3n) is 3.70. The Bertz CT molecular complexity index is 602. The Morgan fingerprint density at radius 3 is 2.48 bits per heavy atom. The zero-order valence-electron chi connectivity index (χ0n) is 12.0. The number of ketones is 3. The quantitative estimate of drug-likeness (QED) is 0.478. The molecule has 1 saturated carbocycles. The lowest BCUT2D eigenvalue weighted by molar-refractivity contribution is -0.142. The molecule has 0 heterocycles. The van der Waals surface area contributed by atoms with Crippen LogP contribution in [0.1, 0.15) is 25.8 Å². The monoisotopic (exact) mass is 348 g/mol. The van der Waals surface area contributed by atoms with Crippen molar-refractivity contribution < 1.29 is 14.4 Å². The van der Waals surface area contributed by atoms with E-state index in [0.29, 0.717) is 0 Å². The number of carbonyl (C=O) groups excluding carboxylic acids is 3. The van der Waals surface area contributed by atoms with Crippen molar-refractivity contribution >= 4 is 39.4 Å². The molecule has 1 aliphatic rings. The second kappa shape index (κ2) is 6.06. The van der Waals surface area contributed by atoms with E-state index in [9.17, 15) is 14.4 Å². The smallest absolute Gasteiger partial charge is 0.173 e. The SMILES string of the molecule is CC1(C)CC(=O)C(C(=O)/C=C/c2ccccc2)C(=O)C1Br. The molecule has 1 aromatic rings. The number of alkyl halides is 1. The first kappa shape index (κ1) is 15.8. The second-order valence-electron chi connectivity index (χ2n) is 5.98. The van der Waals surface area contributed by atoms with E-state index in [1.807, 2.05) is 44.2 Å². The van der Waals surface area contributed by atoms with Gasteiger partial charge in [0.2, 0.25) is 0 Å². The number of hydrogen-bond acceptors (Lipinski definition) is 3. The van der Waals surface area contributed by atoms with Gasteiger partial charge in [0.15, 0.2) is 17.3 Å². The third kappa shape index (κ3) is 3.38. The van der Waals surface area contributed by atoms with Crippen LogP contribution >= 0.6 is 15.9 Å². The molecule has 110 valence electrons. The third-order valence-corrected chi connectivity index (χ3v) is 5.39. The summed E-state index contributed by atoms with van der Waals surface area (Å²) in [7, 11) is 0. The summed E-state index contributed by atoms with van der Waals surface area (Å²) in [6.45, 7) is 3.70. The summed E-state index contributed by atoms with van der Waals surface area (Å²) in [6.07, 6.45) is 3.18. The van der Waals surface area contributed by atoms with Gasteiger partial charge in [0.25, 0.3) is 0 Å². The average molecular weight is 349 g/mol. The van der Waals surface area contributed by atoms with Crippen LogP contribution in [-0.2, 0) is 14.4 Å². The standard InChI is InChI=1S/C17H17BrO3/c1-17(2)10-13(20)14(15(21)16(17)18)12(19)9-8-11-6-4-3-5-7-11/h3-9,14,16H,10H2,1-2H3/b9-8+. The summed E-state index contributed by atoms with van der Waals surface area (Å²) in [5.41, 5.74) is 0.408. The average Bonchev–Trinajstić information content (AvgIpc) is 2.43. The molecule has 2 rings (SSSR count). The van der Waals surface area contributed by atoms with Crippen LogP contribution in [0.5, 0.6) is 0 Å². The largest absolute Gasteiger partial charge is 0.298 e. The molecule has 0 amide bonds. The summed E-state index contributed by atoms with van der Waals surface area (Å²) in [6, 6.07) is 9.30. The van der Waals surface area contributed by atoms with Gasteiger partial charge in [-0.2, -0.15) is 0 Å². The molecule has 0 bridgehead atoms. The van der Waals surface area contributed by atoms with Gasteiger partial charge in [-0.05, 0) is 17.1 Å².